The second kappa shape index (κ2) is 7.46. The van der Waals surface area contributed by atoms with Crippen LogP contribution in [0.2, 0.25) is 0 Å². The number of hydrogen-bond acceptors (Lipinski definition) is 6. The van der Waals surface area contributed by atoms with E-state index in [0.717, 1.165) is 35.3 Å². The van der Waals surface area contributed by atoms with Crippen LogP contribution in [0.4, 0.5) is 11.4 Å². The van der Waals surface area contributed by atoms with Crippen molar-refractivity contribution in [2.45, 2.75) is 85.9 Å². The van der Waals surface area contributed by atoms with Crippen molar-refractivity contribution in [3.8, 4) is 0 Å². The largest absolute Gasteiger partial charge is 0.364 e. The summed E-state index contributed by atoms with van der Waals surface area (Å²) in [5.74, 6) is 0.0849. The molecule has 0 saturated carbocycles. The molecule has 0 aromatic heterocycles. The van der Waals surface area contributed by atoms with Crippen molar-refractivity contribution in [2.24, 2.45) is 0 Å². The van der Waals surface area contributed by atoms with E-state index >= 15 is 0 Å². The summed E-state index contributed by atoms with van der Waals surface area (Å²) in [5, 5.41) is 7.47. The van der Waals surface area contributed by atoms with E-state index in [-0.39, 0.29) is 23.6 Å². The highest BCUT2D eigenvalue weighted by molar-refractivity contribution is 6.01. The molecule has 2 unspecified atom stereocenters. The van der Waals surface area contributed by atoms with E-state index in [9.17, 15) is 19.2 Å². The Kier molecular flexibility index (Phi) is 4.17. The van der Waals surface area contributed by atoms with Crippen LogP contribution < -0.4 is 10.6 Å². The maximum Gasteiger partial charge on any atom is 0.247 e. The van der Waals surface area contributed by atoms with E-state index in [4.69, 9.17) is 0 Å². The summed E-state index contributed by atoms with van der Waals surface area (Å²) < 4.78 is 0. The zero-order valence-electron chi connectivity index (χ0n) is 23.2. The fraction of sp³-hybridized carbons (Fsp3) is 0.500. The van der Waals surface area contributed by atoms with Crippen LogP contribution in [0.25, 0.3) is 0 Å². The highest BCUT2D eigenvalue weighted by Crippen LogP contribution is 2.69. The minimum atomic E-state index is -0.744. The smallest absolute Gasteiger partial charge is 0.247 e. The highest BCUT2D eigenvalue weighted by atomic mass is 16.2. The third-order valence-corrected chi connectivity index (χ3v) is 12.1. The molecule has 2 N–H and O–H groups in total. The third kappa shape index (κ3) is 2.34. The highest BCUT2D eigenvalue weighted by Gasteiger charge is 2.78. The number of rotatable bonds is 1. The lowest BCUT2D eigenvalue weighted by Crippen LogP contribution is -2.66. The number of carbonyl (C=O) groups is 4. The number of benzene rings is 2. The zero-order valence-corrected chi connectivity index (χ0v) is 23.2. The second-order valence-electron chi connectivity index (χ2n) is 13.4. The first kappa shape index (κ1) is 23.5. The second-order valence-corrected chi connectivity index (χ2v) is 13.4. The normalized spacial score (nSPS) is 40.2. The van der Waals surface area contributed by atoms with Gasteiger partial charge in [-0.15, -0.1) is 0 Å². The standard InChI is InChI=1S/C32H32N6O4/c39-25-23-15-31(17-7-1-3-9-19(17)33-29(31)37(23)27(41)21-11-5-13-35(21)25)32-16-24-26(40)36-14-6-12-22(36)28(42)38(24)30(32)34-20-10-4-2-8-18(20)32/h1-4,7-10,21-24,29-30,33-34H,5-6,11-16H2/t21?,22?,23-,24-,29-,30-,31+,32+/m0/s1. The monoisotopic (exact) mass is 564 g/mol. The van der Waals surface area contributed by atoms with Gasteiger partial charge in [0.25, 0.3) is 0 Å². The molecule has 8 atom stereocenters. The van der Waals surface area contributed by atoms with E-state index in [1.807, 2.05) is 34.1 Å². The van der Waals surface area contributed by atoms with Crippen LogP contribution in [0.5, 0.6) is 0 Å². The first-order valence-electron chi connectivity index (χ1n) is 15.4. The molecule has 8 heterocycles. The zero-order chi connectivity index (χ0) is 28.1. The van der Waals surface area contributed by atoms with E-state index in [2.05, 4.69) is 34.9 Å². The van der Waals surface area contributed by atoms with Crippen LogP contribution in [-0.4, -0.2) is 92.8 Å². The van der Waals surface area contributed by atoms with Gasteiger partial charge in [-0.2, -0.15) is 0 Å². The predicted molar refractivity (Wildman–Crippen MR) is 151 cm³/mol. The molecular formula is C32H32N6O4. The number of fused-ring (bicyclic) bond motifs is 13. The van der Waals surface area contributed by atoms with Crippen molar-refractivity contribution >= 4 is 35.0 Å². The molecule has 10 rings (SSSR count). The maximum atomic E-state index is 14.3. The van der Waals surface area contributed by atoms with Crippen molar-refractivity contribution in [3.05, 3.63) is 59.7 Å². The molecule has 2 aromatic rings. The number of nitrogens with one attached hydrogen (secondary N) is 2. The summed E-state index contributed by atoms with van der Waals surface area (Å²) in [6.45, 7) is 1.24. The Balaban J connectivity index is 1.23. The number of hydrogen-bond donors (Lipinski definition) is 2. The topological polar surface area (TPSA) is 105 Å². The third-order valence-electron chi connectivity index (χ3n) is 12.1. The van der Waals surface area contributed by atoms with Crippen LogP contribution in [0.1, 0.15) is 49.7 Å². The lowest BCUT2D eigenvalue weighted by atomic mass is 9.54. The van der Waals surface area contributed by atoms with Crippen LogP contribution in [0.3, 0.4) is 0 Å². The molecule has 42 heavy (non-hydrogen) atoms. The Morgan fingerprint density at radius 3 is 1.45 bits per heavy atom. The van der Waals surface area contributed by atoms with E-state index in [0.29, 0.717) is 38.8 Å². The summed E-state index contributed by atoms with van der Waals surface area (Å²) in [6.07, 6.45) is 3.00. The lowest BCUT2D eigenvalue weighted by Gasteiger charge is -2.48. The van der Waals surface area contributed by atoms with Crippen molar-refractivity contribution in [1.82, 2.24) is 19.6 Å². The molecule has 10 heteroatoms. The first-order chi connectivity index (χ1) is 20.5. The quantitative estimate of drug-likeness (QED) is 0.545. The average molecular weight is 565 g/mol. The van der Waals surface area contributed by atoms with Gasteiger partial charge in [-0.25, -0.2) is 0 Å². The van der Waals surface area contributed by atoms with Crippen molar-refractivity contribution in [3.63, 3.8) is 0 Å². The Bertz CT molecular complexity index is 1520. The van der Waals surface area contributed by atoms with Gasteiger partial charge in [-0.1, -0.05) is 36.4 Å². The average Bonchev–Trinajstić information content (AvgIpc) is 3.82. The minimum Gasteiger partial charge on any atom is -0.364 e. The predicted octanol–water partition coefficient (Wildman–Crippen LogP) is 1.58. The van der Waals surface area contributed by atoms with Crippen molar-refractivity contribution < 1.29 is 19.2 Å². The summed E-state index contributed by atoms with van der Waals surface area (Å²) in [5.41, 5.74) is 2.55. The summed E-state index contributed by atoms with van der Waals surface area (Å²) >= 11 is 0. The molecule has 6 fully saturated rings. The molecule has 0 spiro atoms. The molecule has 6 saturated heterocycles. The van der Waals surface area contributed by atoms with E-state index in [1.54, 1.807) is 9.80 Å². The van der Waals surface area contributed by atoms with Gasteiger partial charge >= 0.3 is 0 Å². The van der Waals surface area contributed by atoms with Crippen LogP contribution in [0, 0.1) is 0 Å². The molecule has 8 aliphatic heterocycles. The number of anilines is 2. The van der Waals surface area contributed by atoms with Gasteiger partial charge in [0.1, 0.15) is 36.5 Å². The summed E-state index contributed by atoms with van der Waals surface area (Å²) in [4.78, 5) is 64.1. The summed E-state index contributed by atoms with van der Waals surface area (Å²) in [7, 11) is 0. The van der Waals surface area contributed by atoms with Gasteiger partial charge in [0, 0.05) is 24.5 Å². The molecule has 0 aliphatic carbocycles. The molecular weight excluding hydrogens is 532 g/mol. The van der Waals surface area contributed by atoms with E-state index < -0.39 is 47.3 Å². The Labute approximate surface area is 243 Å². The Hall–Kier alpha value is -4.08. The SMILES string of the molecule is O=C1[C@@H]2C[C@@]3([C@@]45C[C@H]6C(=O)N7CCCC7C(=O)N6[C@@H]4Nc4ccccc45)c4ccccc4N[C@H]3N2C(=O)C2CCCN12. The van der Waals surface area contributed by atoms with Crippen LogP contribution >= 0.6 is 0 Å². The van der Waals surface area contributed by atoms with Gasteiger partial charge in [0.15, 0.2) is 0 Å². The molecule has 4 amide bonds. The maximum absolute atomic E-state index is 14.3. The fourth-order valence-corrected chi connectivity index (χ4v) is 10.7. The van der Waals surface area contributed by atoms with Crippen molar-refractivity contribution in [1.29, 1.82) is 0 Å². The van der Waals surface area contributed by atoms with E-state index in [1.165, 1.54) is 0 Å². The number of carbonyl (C=O) groups excluding carboxylic acids is 4. The van der Waals surface area contributed by atoms with Crippen LogP contribution in [0.15, 0.2) is 48.5 Å². The van der Waals surface area contributed by atoms with Gasteiger partial charge in [0.2, 0.25) is 23.6 Å². The van der Waals surface area contributed by atoms with Gasteiger partial charge in [0.05, 0.1) is 10.8 Å². The molecule has 10 nitrogen and oxygen atoms in total. The molecule has 214 valence electrons. The number of para-hydroxylation sites is 2. The molecule has 0 bridgehead atoms. The van der Waals surface area contributed by atoms with Gasteiger partial charge < -0.3 is 30.2 Å². The molecule has 0 radical (unpaired) electrons. The minimum absolute atomic E-state index is 0.0139. The number of piperazine rings is 2. The Morgan fingerprint density at radius 2 is 1.00 bits per heavy atom. The Morgan fingerprint density at radius 1 is 0.571 bits per heavy atom. The lowest BCUT2D eigenvalue weighted by molar-refractivity contribution is -0.158. The fourth-order valence-electron chi connectivity index (χ4n) is 10.7. The number of nitrogens with zero attached hydrogens (tertiary/aromatic N) is 4. The molecule has 2 aromatic carbocycles. The van der Waals surface area contributed by atoms with Crippen molar-refractivity contribution in [2.75, 3.05) is 23.7 Å². The van der Waals surface area contributed by atoms with Gasteiger partial charge in [-0.05, 0) is 61.8 Å². The number of amides is 4. The van der Waals surface area contributed by atoms with Gasteiger partial charge in [-0.3, -0.25) is 19.2 Å². The first-order valence-corrected chi connectivity index (χ1v) is 15.4. The summed E-state index contributed by atoms with van der Waals surface area (Å²) in [6, 6.07) is 14.4. The van der Waals surface area contributed by atoms with Crippen LogP contribution in [-0.2, 0) is 30.0 Å². The molecule has 8 aliphatic rings.